The first kappa shape index (κ1) is 19.5. The van der Waals surface area contributed by atoms with E-state index in [1.807, 2.05) is 36.4 Å². The van der Waals surface area contributed by atoms with Crippen molar-refractivity contribution in [2.75, 3.05) is 6.54 Å². The molecule has 3 aromatic rings. The summed E-state index contributed by atoms with van der Waals surface area (Å²) in [5.41, 5.74) is 2.84. The van der Waals surface area contributed by atoms with Crippen LogP contribution in [0.3, 0.4) is 0 Å². The van der Waals surface area contributed by atoms with E-state index in [1.165, 1.54) is 6.92 Å². The van der Waals surface area contributed by atoms with Crippen LogP contribution in [0.15, 0.2) is 84.9 Å². The van der Waals surface area contributed by atoms with Crippen molar-refractivity contribution >= 4 is 11.8 Å². The SMILES string of the molecule is CC(=O)Oc1cccc(C(=O)CN(Cc2ccccc2)Cc2ccccc2)c1. The monoisotopic (exact) mass is 373 g/mol. The van der Waals surface area contributed by atoms with Gasteiger partial charge in [-0.05, 0) is 23.3 Å². The number of benzene rings is 3. The Bertz CT molecular complexity index is 881. The maximum absolute atomic E-state index is 12.9. The molecule has 0 amide bonds. The Morgan fingerprint density at radius 1 is 0.786 bits per heavy atom. The highest BCUT2D eigenvalue weighted by Gasteiger charge is 2.15. The molecule has 0 atom stereocenters. The molecule has 3 aromatic carbocycles. The summed E-state index contributed by atoms with van der Waals surface area (Å²) < 4.78 is 5.10. The Labute approximate surface area is 165 Å². The Kier molecular flexibility index (Phi) is 6.71. The second-order valence-electron chi connectivity index (χ2n) is 6.66. The number of carbonyl (C=O) groups excluding carboxylic acids is 2. The molecule has 3 rings (SSSR count). The van der Waals surface area contributed by atoms with Gasteiger partial charge in [0.15, 0.2) is 5.78 Å². The average molecular weight is 373 g/mol. The summed E-state index contributed by atoms with van der Waals surface area (Å²) in [5, 5.41) is 0. The van der Waals surface area contributed by atoms with Crippen LogP contribution < -0.4 is 4.74 Å². The molecule has 0 N–H and O–H groups in total. The lowest BCUT2D eigenvalue weighted by molar-refractivity contribution is -0.131. The van der Waals surface area contributed by atoms with Gasteiger partial charge in [0.2, 0.25) is 0 Å². The van der Waals surface area contributed by atoms with Crippen LogP contribution in [0.1, 0.15) is 28.4 Å². The van der Waals surface area contributed by atoms with E-state index >= 15 is 0 Å². The van der Waals surface area contributed by atoms with Gasteiger partial charge < -0.3 is 4.74 Å². The van der Waals surface area contributed by atoms with E-state index in [0.717, 1.165) is 11.1 Å². The van der Waals surface area contributed by atoms with Gasteiger partial charge in [0.05, 0.1) is 6.54 Å². The first-order valence-electron chi connectivity index (χ1n) is 9.22. The molecule has 4 heteroatoms. The van der Waals surface area contributed by atoms with Crippen molar-refractivity contribution in [3.05, 3.63) is 102 Å². The van der Waals surface area contributed by atoms with Crippen LogP contribution in [0.4, 0.5) is 0 Å². The zero-order chi connectivity index (χ0) is 19.8. The molecule has 0 aliphatic carbocycles. The molecule has 28 heavy (non-hydrogen) atoms. The third kappa shape index (κ3) is 5.89. The molecule has 4 nitrogen and oxygen atoms in total. The summed E-state index contributed by atoms with van der Waals surface area (Å²) >= 11 is 0. The van der Waals surface area contributed by atoms with Crippen molar-refractivity contribution in [3.8, 4) is 5.75 Å². The molecular weight excluding hydrogens is 350 g/mol. The molecule has 0 aromatic heterocycles. The number of Topliss-reactive ketones (excluding diaryl/α,β-unsaturated/α-hetero) is 1. The summed E-state index contributed by atoms with van der Waals surface area (Å²) in [6.45, 7) is 2.96. The predicted octanol–water partition coefficient (Wildman–Crippen LogP) is 4.50. The molecule has 0 bridgehead atoms. The van der Waals surface area contributed by atoms with Gasteiger partial charge in [-0.1, -0.05) is 72.8 Å². The molecular formula is C24H23NO3. The lowest BCUT2D eigenvalue weighted by Crippen LogP contribution is -2.29. The fraction of sp³-hybridized carbons (Fsp3) is 0.167. The molecule has 0 saturated carbocycles. The second-order valence-corrected chi connectivity index (χ2v) is 6.66. The zero-order valence-corrected chi connectivity index (χ0v) is 15.9. The van der Waals surface area contributed by atoms with Crippen LogP contribution in [0.25, 0.3) is 0 Å². The lowest BCUT2D eigenvalue weighted by atomic mass is 10.1. The first-order valence-corrected chi connectivity index (χ1v) is 9.22. The van der Waals surface area contributed by atoms with Crippen LogP contribution in [0.2, 0.25) is 0 Å². The number of esters is 1. The maximum Gasteiger partial charge on any atom is 0.308 e. The molecule has 0 radical (unpaired) electrons. The lowest BCUT2D eigenvalue weighted by Gasteiger charge is -2.22. The van der Waals surface area contributed by atoms with Gasteiger partial charge >= 0.3 is 5.97 Å². The molecule has 0 spiro atoms. The molecule has 0 saturated heterocycles. The molecule has 0 fully saturated rings. The van der Waals surface area contributed by atoms with Gasteiger partial charge in [-0.2, -0.15) is 0 Å². The molecule has 0 aliphatic rings. The number of nitrogens with zero attached hydrogens (tertiary/aromatic N) is 1. The number of hydrogen-bond donors (Lipinski definition) is 0. The first-order chi connectivity index (χ1) is 13.6. The highest BCUT2D eigenvalue weighted by molar-refractivity contribution is 5.98. The smallest absolute Gasteiger partial charge is 0.308 e. The minimum Gasteiger partial charge on any atom is -0.427 e. The van der Waals surface area contributed by atoms with E-state index in [0.29, 0.717) is 24.4 Å². The van der Waals surface area contributed by atoms with Crippen LogP contribution in [-0.2, 0) is 17.9 Å². The third-order valence-electron chi connectivity index (χ3n) is 4.28. The summed E-state index contributed by atoms with van der Waals surface area (Å²) in [4.78, 5) is 26.2. The molecule has 142 valence electrons. The maximum atomic E-state index is 12.9. The summed E-state index contributed by atoms with van der Waals surface area (Å²) in [6.07, 6.45) is 0. The van der Waals surface area contributed by atoms with Gasteiger partial charge in [-0.3, -0.25) is 14.5 Å². The van der Waals surface area contributed by atoms with Crippen LogP contribution in [0, 0.1) is 0 Å². The second kappa shape index (κ2) is 9.62. The number of carbonyl (C=O) groups is 2. The number of rotatable bonds is 8. The normalized spacial score (nSPS) is 10.6. The Morgan fingerprint density at radius 2 is 1.36 bits per heavy atom. The molecule has 0 aliphatic heterocycles. The van der Waals surface area contributed by atoms with Gasteiger partial charge in [0.25, 0.3) is 0 Å². The number of hydrogen-bond acceptors (Lipinski definition) is 4. The summed E-state index contributed by atoms with van der Waals surface area (Å²) in [5.74, 6) is -0.0312. The fourth-order valence-corrected chi connectivity index (χ4v) is 3.04. The van der Waals surface area contributed by atoms with Crippen molar-refractivity contribution in [3.63, 3.8) is 0 Å². The molecule has 0 unspecified atom stereocenters. The highest BCUT2D eigenvalue weighted by Crippen LogP contribution is 2.16. The standard InChI is InChI=1S/C24H23NO3/c1-19(26)28-23-14-8-13-22(15-23)24(27)18-25(16-20-9-4-2-5-10-20)17-21-11-6-3-7-12-21/h2-15H,16-18H2,1H3. The van der Waals surface area contributed by atoms with Gasteiger partial charge in [0.1, 0.15) is 5.75 Å². The van der Waals surface area contributed by atoms with E-state index in [4.69, 9.17) is 4.74 Å². The van der Waals surface area contributed by atoms with Crippen molar-refractivity contribution < 1.29 is 14.3 Å². The van der Waals surface area contributed by atoms with E-state index in [9.17, 15) is 9.59 Å². The van der Waals surface area contributed by atoms with Crippen LogP contribution in [0.5, 0.6) is 5.75 Å². The van der Waals surface area contributed by atoms with E-state index in [2.05, 4.69) is 29.2 Å². The highest BCUT2D eigenvalue weighted by atomic mass is 16.5. The quantitative estimate of drug-likeness (QED) is 0.331. The average Bonchev–Trinajstić information content (AvgIpc) is 2.69. The van der Waals surface area contributed by atoms with Crippen LogP contribution >= 0.6 is 0 Å². The topological polar surface area (TPSA) is 46.6 Å². The third-order valence-corrected chi connectivity index (χ3v) is 4.28. The van der Waals surface area contributed by atoms with Crippen molar-refractivity contribution in [2.24, 2.45) is 0 Å². The van der Waals surface area contributed by atoms with E-state index in [-0.39, 0.29) is 12.3 Å². The molecule has 0 heterocycles. The van der Waals surface area contributed by atoms with E-state index in [1.54, 1.807) is 24.3 Å². The predicted molar refractivity (Wildman–Crippen MR) is 109 cm³/mol. The van der Waals surface area contributed by atoms with E-state index < -0.39 is 5.97 Å². The summed E-state index contributed by atoms with van der Waals surface area (Å²) in [7, 11) is 0. The Morgan fingerprint density at radius 3 is 1.89 bits per heavy atom. The minimum atomic E-state index is -0.403. The Balaban J connectivity index is 1.76. The van der Waals surface area contributed by atoms with Gasteiger partial charge in [-0.15, -0.1) is 0 Å². The van der Waals surface area contributed by atoms with Gasteiger partial charge in [0, 0.05) is 25.6 Å². The summed E-state index contributed by atoms with van der Waals surface area (Å²) in [6, 6.07) is 27.0. The van der Waals surface area contributed by atoms with Crippen molar-refractivity contribution in [1.82, 2.24) is 4.90 Å². The number of ketones is 1. The van der Waals surface area contributed by atoms with Crippen molar-refractivity contribution in [1.29, 1.82) is 0 Å². The number of ether oxygens (including phenoxy) is 1. The fourth-order valence-electron chi connectivity index (χ4n) is 3.04. The van der Waals surface area contributed by atoms with Gasteiger partial charge in [-0.25, -0.2) is 0 Å². The Hall–Kier alpha value is -3.24. The van der Waals surface area contributed by atoms with Crippen LogP contribution in [-0.4, -0.2) is 23.2 Å². The minimum absolute atomic E-state index is 0.0131. The zero-order valence-electron chi connectivity index (χ0n) is 15.9. The largest absolute Gasteiger partial charge is 0.427 e. The van der Waals surface area contributed by atoms with Crippen molar-refractivity contribution in [2.45, 2.75) is 20.0 Å².